The van der Waals surface area contributed by atoms with E-state index >= 15 is 0 Å². The van der Waals surface area contributed by atoms with Gasteiger partial charge in [-0.15, -0.1) is 0 Å². The molecule has 2 heterocycles. The Morgan fingerprint density at radius 2 is 0.958 bits per heavy atom. The first-order chi connectivity index (χ1) is 11.7. The average Bonchev–Trinajstić information content (AvgIpc) is 2.63. The molecule has 24 heavy (non-hydrogen) atoms. The molecule has 0 amide bonds. The molecule has 4 rings (SSSR count). The number of benzene rings is 2. The number of rotatable bonds is 2. The van der Waals surface area contributed by atoms with Crippen molar-refractivity contribution in [3.05, 3.63) is 81.4 Å². The molecule has 0 unspecified atom stereocenters. The first kappa shape index (κ1) is 14.1. The maximum atomic E-state index is 11.6. The van der Waals surface area contributed by atoms with Gasteiger partial charge in [0.25, 0.3) is 0 Å². The van der Waals surface area contributed by atoms with Crippen molar-refractivity contribution >= 4 is 11.3 Å². The van der Waals surface area contributed by atoms with Crippen LogP contribution in [0.1, 0.15) is 0 Å². The van der Waals surface area contributed by atoms with Gasteiger partial charge in [-0.1, -0.05) is 60.7 Å². The number of hydrogen-bond acceptors (Lipinski definition) is 4. The van der Waals surface area contributed by atoms with E-state index in [0.717, 1.165) is 11.1 Å². The summed E-state index contributed by atoms with van der Waals surface area (Å²) in [4.78, 5) is 37.2. The molecular formula is C18H12N4O2. The molecule has 2 aromatic carbocycles. The summed E-state index contributed by atoms with van der Waals surface area (Å²) in [7, 11) is 0. The Morgan fingerprint density at radius 1 is 0.583 bits per heavy atom. The van der Waals surface area contributed by atoms with Crippen LogP contribution in [0.25, 0.3) is 33.8 Å². The lowest BCUT2D eigenvalue weighted by Crippen LogP contribution is -2.29. The largest absolute Gasteiger partial charge is 0.315 e. The summed E-state index contributed by atoms with van der Waals surface area (Å²) in [6.07, 6.45) is 0. The molecule has 0 atom stereocenters. The highest BCUT2D eigenvalue weighted by Crippen LogP contribution is 2.29. The summed E-state index contributed by atoms with van der Waals surface area (Å²) in [5.74, 6) is 0. The van der Waals surface area contributed by atoms with E-state index in [9.17, 15) is 9.59 Å². The average molecular weight is 316 g/mol. The third-order valence-electron chi connectivity index (χ3n) is 3.66. The number of nitrogens with one attached hydrogen (secondary N) is 2. The fourth-order valence-corrected chi connectivity index (χ4v) is 2.53. The second kappa shape index (κ2) is 5.58. The zero-order valence-corrected chi connectivity index (χ0v) is 12.5. The third kappa shape index (κ3) is 2.40. The van der Waals surface area contributed by atoms with E-state index in [2.05, 4.69) is 19.9 Å². The quantitative estimate of drug-likeness (QED) is 0.555. The summed E-state index contributed by atoms with van der Waals surface area (Å²) in [6.45, 7) is 0. The normalized spacial score (nSPS) is 10.8. The summed E-state index contributed by atoms with van der Waals surface area (Å²) in [6, 6.07) is 19.2. The van der Waals surface area contributed by atoms with Crippen LogP contribution in [0.3, 0.4) is 0 Å². The lowest BCUT2D eigenvalue weighted by atomic mass is 10.0. The Balaban J connectivity index is 2.09. The molecule has 0 saturated carbocycles. The van der Waals surface area contributed by atoms with Gasteiger partial charge < -0.3 is 0 Å². The van der Waals surface area contributed by atoms with Crippen molar-refractivity contribution in [1.29, 1.82) is 0 Å². The van der Waals surface area contributed by atoms with Crippen molar-refractivity contribution in [3.8, 4) is 22.5 Å². The monoisotopic (exact) mass is 316 g/mol. The van der Waals surface area contributed by atoms with Gasteiger partial charge in [0.05, 0.1) is 11.4 Å². The molecular weight excluding hydrogens is 304 g/mol. The van der Waals surface area contributed by atoms with E-state index in [4.69, 9.17) is 0 Å². The highest BCUT2D eigenvalue weighted by molar-refractivity contribution is 5.83. The molecule has 116 valence electrons. The first-order valence-corrected chi connectivity index (χ1v) is 7.37. The molecule has 0 aliphatic heterocycles. The molecule has 0 radical (unpaired) electrons. The van der Waals surface area contributed by atoms with Gasteiger partial charge in [-0.05, 0) is 0 Å². The molecule has 2 aromatic heterocycles. The number of H-pyrrole nitrogens is 2. The van der Waals surface area contributed by atoms with Crippen LogP contribution in [0.5, 0.6) is 0 Å². The van der Waals surface area contributed by atoms with E-state index in [1.165, 1.54) is 0 Å². The topological polar surface area (TPSA) is 91.5 Å². The van der Waals surface area contributed by atoms with Gasteiger partial charge in [0.15, 0.2) is 11.3 Å². The van der Waals surface area contributed by atoms with Gasteiger partial charge in [0, 0.05) is 11.1 Å². The lowest BCUT2D eigenvalue weighted by Gasteiger charge is -2.09. The predicted molar refractivity (Wildman–Crippen MR) is 91.7 cm³/mol. The van der Waals surface area contributed by atoms with Crippen molar-refractivity contribution < 1.29 is 0 Å². The second-order valence-corrected chi connectivity index (χ2v) is 5.26. The molecule has 4 aromatic rings. The number of aromatic nitrogens is 4. The van der Waals surface area contributed by atoms with Crippen molar-refractivity contribution in [3.63, 3.8) is 0 Å². The predicted octanol–water partition coefficient (Wildman–Crippen LogP) is 2.34. The van der Waals surface area contributed by atoms with Crippen molar-refractivity contribution in [2.24, 2.45) is 0 Å². The molecule has 0 aliphatic rings. The maximum Gasteiger partial charge on any atom is 0.315 e. The molecule has 6 nitrogen and oxygen atoms in total. The van der Waals surface area contributed by atoms with Crippen LogP contribution >= 0.6 is 0 Å². The van der Waals surface area contributed by atoms with Gasteiger partial charge in [0.1, 0.15) is 0 Å². The minimum Gasteiger partial charge on any atom is -0.299 e. The molecule has 0 saturated heterocycles. The number of aromatic amines is 2. The molecule has 0 spiro atoms. The van der Waals surface area contributed by atoms with Crippen LogP contribution in [0.15, 0.2) is 70.3 Å². The van der Waals surface area contributed by atoms with E-state index in [-0.39, 0.29) is 11.3 Å². The second-order valence-electron chi connectivity index (χ2n) is 5.26. The molecule has 0 bridgehead atoms. The summed E-state index contributed by atoms with van der Waals surface area (Å²) in [5.41, 5.74) is 2.02. The smallest absolute Gasteiger partial charge is 0.299 e. The summed E-state index contributed by atoms with van der Waals surface area (Å²) in [5, 5.41) is 0. The highest BCUT2D eigenvalue weighted by atomic mass is 16.2. The fraction of sp³-hybridized carbons (Fsp3) is 0. The minimum absolute atomic E-state index is 0.248. The Hall–Kier alpha value is -3.54. The highest BCUT2D eigenvalue weighted by Gasteiger charge is 2.14. The number of fused-ring (bicyclic) bond motifs is 1. The van der Waals surface area contributed by atoms with Crippen molar-refractivity contribution in [1.82, 2.24) is 19.9 Å². The summed E-state index contributed by atoms with van der Waals surface area (Å²) >= 11 is 0. The van der Waals surface area contributed by atoms with Crippen LogP contribution in [0.2, 0.25) is 0 Å². The number of hydrogen-bond donors (Lipinski definition) is 2. The lowest BCUT2D eigenvalue weighted by molar-refractivity contribution is 1.08. The fourth-order valence-electron chi connectivity index (χ4n) is 2.53. The van der Waals surface area contributed by atoms with Crippen LogP contribution in [0.4, 0.5) is 0 Å². The van der Waals surface area contributed by atoms with E-state index in [1.54, 1.807) is 0 Å². The van der Waals surface area contributed by atoms with Gasteiger partial charge in [-0.2, -0.15) is 0 Å². The standard InChI is InChI=1S/C18H12N4O2/c23-17-18(24)22-16-15(21-17)19-13(11-7-3-1-4-8-11)14(20-16)12-9-5-2-6-10-12/h1-10H,(H,19,21,23)(H,20,22,24). The zero-order valence-electron chi connectivity index (χ0n) is 12.5. The van der Waals surface area contributed by atoms with Gasteiger partial charge in [-0.25, -0.2) is 9.97 Å². The van der Waals surface area contributed by atoms with Gasteiger partial charge in [0.2, 0.25) is 0 Å². The van der Waals surface area contributed by atoms with Gasteiger partial charge in [-0.3, -0.25) is 19.6 Å². The van der Waals surface area contributed by atoms with E-state index in [1.807, 2.05) is 60.7 Å². The third-order valence-corrected chi connectivity index (χ3v) is 3.66. The molecule has 0 fully saturated rings. The Kier molecular flexibility index (Phi) is 3.28. The van der Waals surface area contributed by atoms with Crippen LogP contribution in [0, 0.1) is 0 Å². The van der Waals surface area contributed by atoms with Crippen LogP contribution in [-0.2, 0) is 0 Å². The Bertz CT molecular complexity index is 1040. The van der Waals surface area contributed by atoms with Crippen LogP contribution in [-0.4, -0.2) is 19.9 Å². The zero-order chi connectivity index (χ0) is 16.5. The molecule has 6 heteroatoms. The summed E-state index contributed by atoms with van der Waals surface area (Å²) < 4.78 is 0. The van der Waals surface area contributed by atoms with Crippen LogP contribution < -0.4 is 11.1 Å². The van der Waals surface area contributed by atoms with Crippen molar-refractivity contribution in [2.75, 3.05) is 0 Å². The Morgan fingerprint density at radius 3 is 1.33 bits per heavy atom. The Labute approximate surface area is 135 Å². The first-order valence-electron chi connectivity index (χ1n) is 7.37. The molecule has 0 aliphatic carbocycles. The maximum absolute atomic E-state index is 11.6. The minimum atomic E-state index is -0.747. The van der Waals surface area contributed by atoms with Crippen molar-refractivity contribution in [2.45, 2.75) is 0 Å². The van der Waals surface area contributed by atoms with E-state index in [0.29, 0.717) is 11.4 Å². The van der Waals surface area contributed by atoms with E-state index < -0.39 is 11.1 Å². The van der Waals surface area contributed by atoms with Gasteiger partial charge >= 0.3 is 11.1 Å². The molecule has 2 N–H and O–H groups in total. The SMILES string of the molecule is O=c1[nH]c2nc(-c3ccccc3)c(-c3ccccc3)nc2[nH]c1=O. The number of nitrogens with zero attached hydrogens (tertiary/aromatic N) is 2.